The average Bonchev–Trinajstić information content (AvgIpc) is 2.99. The summed E-state index contributed by atoms with van der Waals surface area (Å²) < 4.78 is 5.82. The summed E-state index contributed by atoms with van der Waals surface area (Å²) in [5.74, 6) is 2.43. The van der Waals surface area contributed by atoms with Crippen LogP contribution in [0.4, 0.5) is 5.82 Å². The molecule has 0 spiro atoms. The van der Waals surface area contributed by atoms with Gasteiger partial charge in [0.1, 0.15) is 17.2 Å². The molecule has 1 aromatic rings. The minimum Gasteiger partial charge on any atom is -0.472 e. The standard InChI is InChI=1S/C12H19N3O/c1-4-12(2,3)16-10-7-9(13)14-11(15-10)8-5-6-8/h7-8H,4-6H2,1-3H3,(H2,13,14,15). The van der Waals surface area contributed by atoms with Gasteiger partial charge in [0.15, 0.2) is 0 Å². The lowest BCUT2D eigenvalue weighted by Gasteiger charge is -2.24. The predicted molar refractivity (Wildman–Crippen MR) is 63.4 cm³/mol. The average molecular weight is 221 g/mol. The fraction of sp³-hybridized carbons (Fsp3) is 0.667. The highest BCUT2D eigenvalue weighted by atomic mass is 16.5. The molecule has 0 amide bonds. The molecule has 4 heteroatoms. The largest absolute Gasteiger partial charge is 0.472 e. The lowest BCUT2D eigenvalue weighted by atomic mass is 10.1. The Morgan fingerprint density at radius 2 is 2.12 bits per heavy atom. The van der Waals surface area contributed by atoms with E-state index in [4.69, 9.17) is 10.5 Å². The van der Waals surface area contributed by atoms with E-state index in [1.54, 1.807) is 6.07 Å². The summed E-state index contributed by atoms with van der Waals surface area (Å²) in [6, 6.07) is 1.70. The zero-order valence-electron chi connectivity index (χ0n) is 10.2. The van der Waals surface area contributed by atoms with E-state index in [2.05, 4.69) is 16.9 Å². The van der Waals surface area contributed by atoms with Crippen molar-refractivity contribution in [3.63, 3.8) is 0 Å². The van der Waals surface area contributed by atoms with Crippen molar-refractivity contribution < 1.29 is 4.74 Å². The van der Waals surface area contributed by atoms with Crippen molar-refractivity contribution >= 4 is 5.82 Å². The van der Waals surface area contributed by atoms with Gasteiger partial charge in [-0.25, -0.2) is 4.98 Å². The molecular formula is C12H19N3O. The smallest absolute Gasteiger partial charge is 0.219 e. The van der Waals surface area contributed by atoms with Gasteiger partial charge in [-0.2, -0.15) is 4.98 Å². The van der Waals surface area contributed by atoms with Gasteiger partial charge in [0, 0.05) is 12.0 Å². The van der Waals surface area contributed by atoms with Crippen LogP contribution in [-0.2, 0) is 0 Å². The first-order valence-corrected chi connectivity index (χ1v) is 5.83. The molecule has 88 valence electrons. The van der Waals surface area contributed by atoms with Crippen LogP contribution in [0.2, 0.25) is 0 Å². The lowest BCUT2D eigenvalue weighted by molar-refractivity contribution is 0.0986. The number of hydrogen-bond donors (Lipinski definition) is 1. The van der Waals surface area contributed by atoms with Crippen molar-refractivity contribution in [3.05, 3.63) is 11.9 Å². The normalized spacial score (nSPS) is 16.2. The third-order valence-electron chi connectivity index (χ3n) is 2.91. The van der Waals surface area contributed by atoms with Crippen molar-refractivity contribution in [2.45, 2.75) is 51.6 Å². The molecule has 16 heavy (non-hydrogen) atoms. The Bertz CT molecular complexity index is 386. The van der Waals surface area contributed by atoms with E-state index in [9.17, 15) is 0 Å². The maximum atomic E-state index is 5.82. The molecule has 1 saturated carbocycles. The van der Waals surface area contributed by atoms with Crippen molar-refractivity contribution in [2.24, 2.45) is 0 Å². The van der Waals surface area contributed by atoms with Crippen LogP contribution < -0.4 is 10.5 Å². The summed E-state index contributed by atoms with van der Waals surface area (Å²) in [5, 5.41) is 0. The molecule has 2 N–H and O–H groups in total. The van der Waals surface area contributed by atoms with Gasteiger partial charge in [-0.1, -0.05) is 6.92 Å². The van der Waals surface area contributed by atoms with Gasteiger partial charge in [-0.15, -0.1) is 0 Å². The lowest BCUT2D eigenvalue weighted by Crippen LogP contribution is -2.27. The van der Waals surface area contributed by atoms with Gasteiger partial charge in [0.2, 0.25) is 5.88 Å². The molecule has 0 radical (unpaired) electrons. The second kappa shape index (κ2) is 3.92. The summed E-state index contributed by atoms with van der Waals surface area (Å²) in [5.41, 5.74) is 5.55. The fourth-order valence-electron chi connectivity index (χ4n) is 1.39. The van der Waals surface area contributed by atoms with Crippen molar-refractivity contribution in [2.75, 3.05) is 5.73 Å². The van der Waals surface area contributed by atoms with Gasteiger partial charge in [-0.3, -0.25) is 0 Å². The topological polar surface area (TPSA) is 61.0 Å². The van der Waals surface area contributed by atoms with Crippen LogP contribution in [-0.4, -0.2) is 15.6 Å². The van der Waals surface area contributed by atoms with Crippen LogP contribution >= 0.6 is 0 Å². The van der Waals surface area contributed by atoms with Crippen LogP contribution in [0.3, 0.4) is 0 Å². The molecule has 0 unspecified atom stereocenters. The Labute approximate surface area is 96.2 Å². The number of rotatable bonds is 4. The summed E-state index contributed by atoms with van der Waals surface area (Å²) in [7, 11) is 0. The van der Waals surface area contributed by atoms with E-state index in [-0.39, 0.29) is 5.60 Å². The molecule has 1 aliphatic rings. The first kappa shape index (κ1) is 11.2. The predicted octanol–water partition coefficient (Wildman–Crippen LogP) is 2.50. The molecule has 1 fully saturated rings. The molecule has 2 rings (SSSR count). The van der Waals surface area contributed by atoms with E-state index in [1.165, 1.54) is 12.8 Å². The number of nitrogen functional groups attached to an aromatic ring is 1. The molecule has 0 aromatic carbocycles. The van der Waals surface area contributed by atoms with E-state index < -0.39 is 0 Å². The van der Waals surface area contributed by atoms with E-state index in [0.717, 1.165) is 12.2 Å². The number of anilines is 1. The molecular weight excluding hydrogens is 202 g/mol. The summed E-state index contributed by atoms with van der Waals surface area (Å²) in [4.78, 5) is 8.65. The van der Waals surface area contributed by atoms with Crippen molar-refractivity contribution in [1.82, 2.24) is 9.97 Å². The molecule has 1 aliphatic carbocycles. The Morgan fingerprint density at radius 3 is 2.69 bits per heavy atom. The zero-order valence-corrected chi connectivity index (χ0v) is 10.2. The number of nitrogens with two attached hydrogens (primary N) is 1. The van der Waals surface area contributed by atoms with Crippen LogP contribution in [0.15, 0.2) is 6.07 Å². The third-order valence-corrected chi connectivity index (χ3v) is 2.91. The van der Waals surface area contributed by atoms with Crippen LogP contribution in [0, 0.1) is 0 Å². The Kier molecular flexibility index (Phi) is 2.74. The summed E-state index contributed by atoms with van der Waals surface area (Å²) in [6.07, 6.45) is 3.26. The molecule has 0 aliphatic heterocycles. The van der Waals surface area contributed by atoms with Crippen LogP contribution in [0.1, 0.15) is 51.8 Å². The monoisotopic (exact) mass is 221 g/mol. The van der Waals surface area contributed by atoms with E-state index >= 15 is 0 Å². The highest BCUT2D eigenvalue weighted by molar-refractivity contribution is 5.34. The first-order chi connectivity index (χ1) is 7.50. The molecule has 0 bridgehead atoms. The van der Waals surface area contributed by atoms with Crippen LogP contribution in [0.5, 0.6) is 5.88 Å². The Morgan fingerprint density at radius 1 is 1.44 bits per heavy atom. The second-order valence-corrected chi connectivity index (χ2v) is 4.98. The molecule has 1 heterocycles. The number of nitrogens with zero attached hydrogens (tertiary/aromatic N) is 2. The minimum atomic E-state index is -0.207. The van der Waals surface area contributed by atoms with Gasteiger partial charge >= 0.3 is 0 Å². The quantitative estimate of drug-likeness (QED) is 0.848. The molecule has 0 saturated heterocycles. The number of hydrogen-bond acceptors (Lipinski definition) is 4. The summed E-state index contributed by atoms with van der Waals surface area (Å²) >= 11 is 0. The summed E-state index contributed by atoms with van der Waals surface area (Å²) in [6.45, 7) is 6.18. The van der Waals surface area contributed by atoms with Crippen molar-refractivity contribution in [3.8, 4) is 5.88 Å². The van der Waals surface area contributed by atoms with Gasteiger partial charge < -0.3 is 10.5 Å². The van der Waals surface area contributed by atoms with Crippen molar-refractivity contribution in [1.29, 1.82) is 0 Å². The van der Waals surface area contributed by atoms with Gasteiger partial charge in [0.05, 0.1) is 0 Å². The molecule has 4 nitrogen and oxygen atoms in total. The Hall–Kier alpha value is -1.32. The second-order valence-electron chi connectivity index (χ2n) is 4.98. The molecule has 0 atom stereocenters. The zero-order chi connectivity index (χ0) is 11.8. The minimum absolute atomic E-state index is 0.207. The van der Waals surface area contributed by atoms with E-state index in [0.29, 0.717) is 17.6 Å². The van der Waals surface area contributed by atoms with Gasteiger partial charge in [0.25, 0.3) is 0 Å². The SMILES string of the molecule is CCC(C)(C)Oc1cc(N)nc(C2CC2)n1. The van der Waals surface area contributed by atoms with Crippen LogP contribution in [0.25, 0.3) is 0 Å². The Balaban J connectivity index is 2.20. The highest BCUT2D eigenvalue weighted by Crippen LogP contribution is 2.39. The number of ether oxygens (including phenoxy) is 1. The highest BCUT2D eigenvalue weighted by Gasteiger charge is 2.28. The van der Waals surface area contributed by atoms with E-state index in [1.807, 2.05) is 13.8 Å². The maximum absolute atomic E-state index is 5.82. The third kappa shape index (κ3) is 2.62. The first-order valence-electron chi connectivity index (χ1n) is 5.83. The molecule has 1 aromatic heterocycles. The fourth-order valence-corrected chi connectivity index (χ4v) is 1.39. The maximum Gasteiger partial charge on any atom is 0.219 e. The number of aromatic nitrogens is 2. The van der Waals surface area contributed by atoms with Gasteiger partial charge in [-0.05, 0) is 33.1 Å².